The first-order valence-corrected chi connectivity index (χ1v) is 11.9. The molecule has 4 amide bonds. The Balaban J connectivity index is 1.72. The van der Waals surface area contributed by atoms with E-state index in [-0.39, 0.29) is 11.3 Å². The summed E-state index contributed by atoms with van der Waals surface area (Å²) in [4.78, 5) is 38.9. The number of methoxy groups -OCH3 is 1. The zero-order valence-corrected chi connectivity index (χ0v) is 21.4. The fourth-order valence-electron chi connectivity index (χ4n) is 3.57. The molecule has 1 fully saturated rings. The lowest BCUT2D eigenvalue weighted by Crippen LogP contribution is -2.54. The number of benzene rings is 3. The summed E-state index contributed by atoms with van der Waals surface area (Å²) in [5.41, 5.74) is 2.52. The highest BCUT2D eigenvalue weighted by molar-refractivity contribution is 14.1. The van der Waals surface area contributed by atoms with Crippen molar-refractivity contribution >= 4 is 75.4 Å². The summed E-state index contributed by atoms with van der Waals surface area (Å²) in [6.07, 6.45) is 1.99. The van der Waals surface area contributed by atoms with Gasteiger partial charge in [-0.2, -0.15) is 0 Å². The van der Waals surface area contributed by atoms with Crippen LogP contribution in [0.25, 0.3) is 6.08 Å². The normalized spacial score (nSPS) is 15.0. The van der Waals surface area contributed by atoms with Gasteiger partial charge in [0.25, 0.3) is 11.8 Å². The summed E-state index contributed by atoms with van der Waals surface area (Å²) in [5.74, 6) is -0.933. The van der Waals surface area contributed by atoms with Crippen LogP contribution in [0.4, 0.5) is 10.5 Å². The van der Waals surface area contributed by atoms with E-state index in [9.17, 15) is 14.4 Å². The van der Waals surface area contributed by atoms with Crippen molar-refractivity contribution in [2.45, 2.75) is 6.42 Å². The highest BCUT2D eigenvalue weighted by Crippen LogP contribution is 2.32. The van der Waals surface area contributed by atoms with Gasteiger partial charge in [-0.3, -0.25) is 14.9 Å². The number of hydrogen-bond acceptors (Lipinski definition) is 4. The Morgan fingerprint density at radius 3 is 2.50 bits per heavy atom. The predicted octanol–water partition coefficient (Wildman–Crippen LogP) is 5.86. The Morgan fingerprint density at radius 2 is 1.79 bits per heavy atom. The minimum Gasteiger partial charge on any atom is -0.496 e. The number of amides is 4. The summed E-state index contributed by atoms with van der Waals surface area (Å²) in [6.45, 7) is 0. The Kier molecular flexibility index (Phi) is 7.25. The van der Waals surface area contributed by atoms with Crippen LogP contribution in [-0.4, -0.2) is 25.0 Å². The number of rotatable bonds is 5. The van der Waals surface area contributed by atoms with Crippen molar-refractivity contribution in [3.63, 3.8) is 0 Å². The van der Waals surface area contributed by atoms with Gasteiger partial charge in [-0.1, -0.05) is 47.5 Å². The van der Waals surface area contributed by atoms with E-state index in [4.69, 9.17) is 27.9 Å². The molecule has 0 saturated carbocycles. The molecular formula is C25H17Cl2IN2O4. The highest BCUT2D eigenvalue weighted by Gasteiger charge is 2.37. The molecule has 3 aromatic carbocycles. The van der Waals surface area contributed by atoms with Crippen molar-refractivity contribution in [2.75, 3.05) is 12.0 Å². The maximum atomic E-state index is 13.1. The number of carbonyl (C=O) groups excluding carboxylic acids is 3. The predicted molar refractivity (Wildman–Crippen MR) is 140 cm³/mol. The molecule has 0 bridgehead atoms. The zero-order chi connectivity index (χ0) is 24.4. The van der Waals surface area contributed by atoms with Gasteiger partial charge >= 0.3 is 6.03 Å². The van der Waals surface area contributed by atoms with Gasteiger partial charge in [0, 0.05) is 25.6 Å². The molecule has 1 heterocycles. The summed E-state index contributed by atoms with van der Waals surface area (Å²) in [7, 11) is 1.55. The molecule has 9 heteroatoms. The van der Waals surface area contributed by atoms with Crippen LogP contribution in [0.15, 0.2) is 66.2 Å². The van der Waals surface area contributed by atoms with Gasteiger partial charge in [0.2, 0.25) is 0 Å². The molecule has 0 atom stereocenters. The minimum atomic E-state index is -0.836. The number of nitrogens with zero attached hydrogens (tertiary/aromatic N) is 1. The quantitative estimate of drug-likeness (QED) is 0.224. The standard InChI is InChI=1S/C25H17Cl2IN2O4/c1-34-22-11-14(10-21(28)18(22)12-15-5-2-3-8-20(15)27)9-19-23(31)29-25(33)30(24(19)32)17-7-4-6-16(26)13-17/h2-11,13H,12H2,1H3,(H,29,31,33)/b19-9+. The van der Waals surface area contributed by atoms with Gasteiger partial charge in [0.15, 0.2) is 0 Å². The van der Waals surface area contributed by atoms with E-state index in [0.29, 0.717) is 27.8 Å². The Morgan fingerprint density at radius 1 is 1.03 bits per heavy atom. The largest absolute Gasteiger partial charge is 0.496 e. The van der Waals surface area contributed by atoms with Crippen LogP contribution in [0, 0.1) is 3.57 Å². The number of anilines is 1. The van der Waals surface area contributed by atoms with Crippen LogP contribution in [0.3, 0.4) is 0 Å². The van der Waals surface area contributed by atoms with Crippen molar-refractivity contribution in [3.8, 4) is 5.75 Å². The topological polar surface area (TPSA) is 75.7 Å². The van der Waals surface area contributed by atoms with E-state index in [1.165, 1.54) is 12.1 Å². The van der Waals surface area contributed by atoms with Gasteiger partial charge < -0.3 is 4.74 Å². The number of imide groups is 2. The molecule has 1 N–H and O–H groups in total. The molecule has 0 unspecified atom stereocenters. The molecule has 34 heavy (non-hydrogen) atoms. The molecule has 0 spiro atoms. The Hall–Kier alpha value is -2.88. The molecule has 3 aromatic rings. The number of halogens is 3. The third kappa shape index (κ3) is 4.96. The monoisotopic (exact) mass is 606 g/mol. The smallest absolute Gasteiger partial charge is 0.335 e. The van der Waals surface area contributed by atoms with Crippen molar-refractivity contribution in [3.05, 3.63) is 96.5 Å². The lowest BCUT2D eigenvalue weighted by Gasteiger charge is -2.26. The van der Waals surface area contributed by atoms with Gasteiger partial charge in [0.1, 0.15) is 11.3 Å². The van der Waals surface area contributed by atoms with Gasteiger partial charge in [-0.15, -0.1) is 0 Å². The fourth-order valence-corrected chi connectivity index (χ4v) is 4.78. The SMILES string of the molecule is COc1cc(/C=C2\C(=O)NC(=O)N(c3cccc(Cl)c3)C2=O)cc(I)c1Cc1ccccc1Cl. The van der Waals surface area contributed by atoms with E-state index in [1.54, 1.807) is 31.4 Å². The number of urea groups is 1. The van der Waals surface area contributed by atoms with Crippen LogP contribution >= 0.6 is 45.8 Å². The lowest BCUT2D eigenvalue weighted by molar-refractivity contribution is -0.122. The van der Waals surface area contributed by atoms with Crippen LogP contribution in [0.5, 0.6) is 5.75 Å². The zero-order valence-electron chi connectivity index (χ0n) is 17.8. The Labute approximate surface area is 219 Å². The third-order valence-corrected chi connectivity index (χ3v) is 6.77. The van der Waals surface area contributed by atoms with E-state index in [0.717, 1.165) is 19.6 Å². The van der Waals surface area contributed by atoms with E-state index in [1.807, 2.05) is 30.3 Å². The number of hydrogen-bond donors (Lipinski definition) is 1. The number of ether oxygens (including phenoxy) is 1. The molecule has 0 radical (unpaired) electrons. The van der Waals surface area contributed by atoms with Crippen molar-refractivity contribution < 1.29 is 19.1 Å². The summed E-state index contributed by atoms with van der Waals surface area (Å²) < 4.78 is 6.47. The molecule has 1 saturated heterocycles. The van der Waals surface area contributed by atoms with Crippen LogP contribution < -0.4 is 15.0 Å². The number of nitrogens with one attached hydrogen (secondary N) is 1. The van der Waals surface area contributed by atoms with Crippen LogP contribution in [-0.2, 0) is 16.0 Å². The lowest BCUT2D eigenvalue weighted by atomic mass is 10.0. The first-order chi connectivity index (χ1) is 16.3. The molecule has 172 valence electrons. The molecule has 4 rings (SSSR count). The molecule has 0 aliphatic carbocycles. The second kappa shape index (κ2) is 10.2. The van der Waals surface area contributed by atoms with Crippen molar-refractivity contribution in [1.29, 1.82) is 0 Å². The molecule has 1 aliphatic heterocycles. The third-order valence-electron chi connectivity index (χ3n) is 5.20. The molecule has 6 nitrogen and oxygen atoms in total. The summed E-state index contributed by atoms with van der Waals surface area (Å²) in [5, 5.41) is 3.22. The molecule has 0 aromatic heterocycles. The molecular weight excluding hydrogens is 590 g/mol. The van der Waals surface area contributed by atoms with Gasteiger partial charge in [-0.05, 0) is 76.2 Å². The van der Waals surface area contributed by atoms with Gasteiger partial charge in [0.05, 0.1) is 12.8 Å². The van der Waals surface area contributed by atoms with Crippen molar-refractivity contribution in [1.82, 2.24) is 5.32 Å². The van der Waals surface area contributed by atoms with E-state index in [2.05, 4.69) is 27.9 Å². The van der Waals surface area contributed by atoms with Gasteiger partial charge in [-0.25, -0.2) is 9.69 Å². The Bertz CT molecular complexity index is 1360. The first-order valence-electron chi connectivity index (χ1n) is 10.1. The maximum absolute atomic E-state index is 13.1. The average molecular weight is 607 g/mol. The average Bonchev–Trinajstić information content (AvgIpc) is 2.79. The summed E-state index contributed by atoms with van der Waals surface area (Å²) in [6, 6.07) is 16.6. The number of carbonyl (C=O) groups is 3. The second-order valence-electron chi connectivity index (χ2n) is 7.39. The van der Waals surface area contributed by atoms with E-state index < -0.39 is 17.8 Å². The first kappa shape index (κ1) is 24.3. The van der Waals surface area contributed by atoms with Crippen molar-refractivity contribution in [2.24, 2.45) is 0 Å². The van der Waals surface area contributed by atoms with E-state index >= 15 is 0 Å². The summed E-state index contributed by atoms with van der Waals surface area (Å²) >= 11 is 14.5. The van der Waals surface area contributed by atoms with Crippen LogP contribution in [0.1, 0.15) is 16.7 Å². The number of barbiturate groups is 1. The fraction of sp³-hybridized carbons (Fsp3) is 0.0800. The highest BCUT2D eigenvalue weighted by atomic mass is 127. The minimum absolute atomic E-state index is 0.184. The molecule has 1 aliphatic rings. The second-order valence-corrected chi connectivity index (χ2v) is 9.40. The maximum Gasteiger partial charge on any atom is 0.335 e. The van der Waals surface area contributed by atoms with Crippen LogP contribution in [0.2, 0.25) is 10.0 Å².